The van der Waals surface area contributed by atoms with Crippen molar-refractivity contribution in [3.63, 3.8) is 0 Å². The van der Waals surface area contributed by atoms with E-state index in [0.29, 0.717) is 42.2 Å². The molecule has 0 bridgehead atoms. The third-order valence-corrected chi connectivity index (χ3v) is 7.28. The van der Waals surface area contributed by atoms with Crippen LogP contribution in [0.25, 0.3) is 10.9 Å². The molecule has 9 heteroatoms. The highest BCUT2D eigenvalue weighted by Gasteiger charge is 2.49. The molecule has 2 N–H and O–H groups in total. The van der Waals surface area contributed by atoms with Crippen molar-refractivity contribution in [3.8, 4) is 5.75 Å². The number of carbonyl (C=O) groups excluding carboxylic acids is 3. The molecule has 2 heterocycles. The minimum atomic E-state index is -1.07. The lowest BCUT2D eigenvalue weighted by Crippen LogP contribution is -2.65. The SMILES string of the molecule is COc1ccc2c(c1)c(NC(C)=O)c1n2CC(C)(C(=O)NC2CCCCC2)N(CCN(C)C)C1=O. The van der Waals surface area contributed by atoms with E-state index in [1.54, 1.807) is 12.0 Å². The number of carbonyl (C=O) groups is 3. The van der Waals surface area contributed by atoms with Gasteiger partial charge in [-0.25, -0.2) is 0 Å². The third-order valence-electron chi connectivity index (χ3n) is 7.28. The molecule has 2 aromatic rings. The van der Waals surface area contributed by atoms with Gasteiger partial charge in [0.2, 0.25) is 11.8 Å². The van der Waals surface area contributed by atoms with Crippen LogP contribution in [-0.2, 0) is 16.1 Å². The first kappa shape index (κ1) is 25.0. The standard InChI is InChI=1S/C26H37N5O4/c1-17(32)27-22-20-15-19(35-5)11-12-21(20)30-16-26(2,25(34)28-18-9-7-6-8-10-18)31(14-13-29(3)4)24(33)23(22)30/h11-12,15,18H,6-10,13-14,16H2,1-5H3,(H,27,32)(H,28,34). The summed E-state index contributed by atoms with van der Waals surface area (Å²) in [4.78, 5) is 43.7. The van der Waals surface area contributed by atoms with Crippen molar-refractivity contribution in [1.29, 1.82) is 0 Å². The van der Waals surface area contributed by atoms with E-state index in [4.69, 9.17) is 4.74 Å². The highest BCUT2D eigenvalue weighted by Crippen LogP contribution is 2.40. The van der Waals surface area contributed by atoms with Crippen molar-refractivity contribution in [2.24, 2.45) is 0 Å². The number of anilines is 1. The maximum Gasteiger partial charge on any atom is 0.273 e. The predicted molar refractivity (Wildman–Crippen MR) is 136 cm³/mol. The Morgan fingerprint density at radius 2 is 1.91 bits per heavy atom. The Morgan fingerprint density at radius 3 is 2.54 bits per heavy atom. The van der Waals surface area contributed by atoms with Crippen LogP contribution in [-0.4, -0.2) is 78.0 Å². The van der Waals surface area contributed by atoms with Gasteiger partial charge in [-0.2, -0.15) is 0 Å². The van der Waals surface area contributed by atoms with E-state index < -0.39 is 5.54 Å². The molecule has 1 saturated carbocycles. The number of nitrogens with one attached hydrogen (secondary N) is 2. The van der Waals surface area contributed by atoms with Crippen LogP contribution in [0.5, 0.6) is 5.75 Å². The van der Waals surface area contributed by atoms with Gasteiger partial charge in [0, 0.05) is 31.4 Å². The number of ether oxygens (including phenoxy) is 1. The Kier molecular flexibility index (Phi) is 7.07. The molecule has 1 atom stereocenters. The zero-order valence-corrected chi connectivity index (χ0v) is 21.4. The lowest BCUT2D eigenvalue weighted by atomic mass is 9.91. The summed E-state index contributed by atoms with van der Waals surface area (Å²) in [6, 6.07) is 5.67. The second-order valence-corrected chi connectivity index (χ2v) is 10.2. The molecule has 1 unspecified atom stereocenters. The number of fused-ring (bicyclic) bond motifs is 3. The van der Waals surface area contributed by atoms with Gasteiger partial charge in [0.05, 0.1) is 24.9 Å². The minimum Gasteiger partial charge on any atom is -0.497 e. The molecular formula is C26H37N5O4. The van der Waals surface area contributed by atoms with E-state index in [2.05, 4.69) is 10.6 Å². The number of rotatable bonds is 7. The van der Waals surface area contributed by atoms with Gasteiger partial charge in [-0.3, -0.25) is 14.4 Å². The fourth-order valence-corrected chi connectivity index (χ4v) is 5.33. The van der Waals surface area contributed by atoms with Crippen LogP contribution in [0.1, 0.15) is 56.4 Å². The first-order valence-electron chi connectivity index (χ1n) is 12.4. The first-order valence-corrected chi connectivity index (χ1v) is 12.4. The summed E-state index contributed by atoms with van der Waals surface area (Å²) in [5, 5.41) is 6.84. The topological polar surface area (TPSA) is 95.9 Å². The Balaban J connectivity index is 1.82. The monoisotopic (exact) mass is 483 g/mol. The van der Waals surface area contributed by atoms with Crippen LogP contribution in [0.2, 0.25) is 0 Å². The molecule has 1 aromatic heterocycles. The summed E-state index contributed by atoms with van der Waals surface area (Å²) >= 11 is 0. The summed E-state index contributed by atoms with van der Waals surface area (Å²) in [6.45, 7) is 4.58. The zero-order valence-electron chi connectivity index (χ0n) is 21.4. The summed E-state index contributed by atoms with van der Waals surface area (Å²) in [6.07, 6.45) is 5.36. The Bertz CT molecular complexity index is 1130. The first-order chi connectivity index (χ1) is 16.7. The molecule has 9 nitrogen and oxygen atoms in total. The van der Waals surface area contributed by atoms with Crippen molar-refractivity contribution >= 4 is 34.3 Å². The van der Waals surface area contributed by atoms with Crippen LogP contribution < -0.4 is 15.4 Å². The molecule has 1 aliphatic heterocycles. The van der Waals surface area contributed by atoms with Crippen LogP contribution >= 0.6 is 0 Å². The summed E-state index contributed by atoms with van der Waals surface area (Å²) in [5.74, 6) is -0.0298. The minimum absolute atomic E-state index is 0.126. The van der Waals surface area contributed by atoms with E-state index in [9.17, 15) is 14.4 Å². The summed E-state index contributed by atoms with van der Waals surface area (Å²) in [5.41, 5.74) is 0.560. The maximum absolute atomic E-state index is 14.1. The third kappa shape index (κ3) is 4.74. The van der Waals surface area contributed by atoms with E-state index >= 15 is 0 Å². The van der Waals surface area contributed by atoms with Crippen LogP contribution in [0, 0.1) is 0 Å². The number of hydrogen-bond donors (Lipinski definition) is 2. The molecule has 2 aliphatic rings. The number of nitrogens with zero attached hydrogens (tertiary/aromatic N) is 3. The molecule has 0 radical (unpaired) electrons. The van der Waals surface area contributed by atoms with E-state index in [1.807, 2.05) is 48.7 Å². The number of benzene rings is 1. The Labute approximate surface area is 206 Å². The number of methoxy groups -OCH3 is 1. The molecule has 3 amide bonds. The molecular weight excluding hydrogens is 446 g/mol. The quantitative estimate of drug-likeness (QED) is 0.631. The number of hydrogen-bond acceptors (Lipinski definition) is 5. The van der Waals surface area contributed by atoms with Gasteiger partial charge in [-0.05, 0) is 52.1 Å². The van der Waals surface area contributed by atoms with Gasteiger partial charge in [0.15, 0.2) is 0 Å². The predicted octanol–water partition coefficient (Wildman–Crippen LogP) is 2.83. The Hall–Kier alpha value is -3.07. The van der Waals surface area contributed by atoms with Crippen molar-refractivity contribution in [1.82, 2.24) is 19.7 Å². The van der Waals surface area contributed by atoms with Crippen molar-refractivity contribution < 1.29 is 19.1 Å². The molecule has 1 fully saturated rings. The fraction of sp³-hybridized carbons (Fsp3) is 0.577. The van der Waals surface area contributed by atoms with Crippen LogP contribution in [0.4, 0.5) is 5.69 Å². The number of aromatic nitrogens is 1. The van der Waals surface area contributed by atoms with Crippen molar-refractivity contribution in [2.45, 2.75) is 64.1 Å². The van der Waals surface area contributed by atoms with Gasteiger partial charge in [-0.15, -0.1) is 0 Å². The normalized spacial score (nSPS) is 20.7. The molecule has 190 valence electrons. The summed E-state index contributed by atoms with van der Waals surface area (Å²) in [7, 11) is 5.47. The molecule has 4 rings (SSSR count). The van der Waals surface area contributed by atoms with Gasteiger partial charge in [0.25, 0.3) is 5.91 Å². The molecule has 1 aromatic carbocycles. The largest absolute Gasteiger partial charge is 0.497 e. The van der Waals surface area contributed by atoms with Gasteiger partial charge in [-0.1, -0.05) is 19.3 Å². The van der Waals surface area contributed by atoms with E-state index in [0.717, 1.165) is 31.2 Å². The van der Waals surface area contributed by atoms with Gasteiger partial charge in [0.1, 0.15) is 17.0 Å². The zero-order chi connectivity index (χ0) is 25.3. The fourth-order valence-electron chi connectivity index (χ4n) is 5.33. The second kappa shape index (κ2) is 9.89. The second-order valence-electron chi connectivity index (χ2n) is 10.2. The lowest BCUT2D eigenvalue weighted by Gasteiger charge is -2.45. The van der Waals surface area contributed by atoms with Crippen LogP contribution in [0.3, 0.4) is 0 Å². The average molecular weight is 484 g/mol. The van der Waals surface area contributed by atoms with Crippen molar-refractivity contribution in [2.75, 3.05) is 39.6 Å². The molecule has 0 saturated heterocycles. The van der Waals surface area contributed by atoms with E-state index in [1.165, 1.54) is 13.3 Å². The molecule has 0 spiro atoms. The van der Waals surface area contributed by atoms with Crippen molar-refractivity contribution in [3.05, 3.63) is 23.9 Å². The molecule has 35 heavy (non-hydrogen) atoms. The number of likely N-dealkylation sites (N-methyl/N-ethyl adjacent to an activating group) is 1. The van der Waals surface area contributed by atoms with Crippen LogP contribution in [0.15, 0.2) is 18.2 Å². The summed E-state index contributed by atoms with van der Waals surface area (Å²) < 4.78 is 7.29. The highest BCUT2D eigenvalue weighted by molar-refractivity contribution is 6.14. The van der Waals surface area contributed by atoms with Gasteiger partial charge >= 0.3 is 0 Å². The highest BCUT2D eigenvalue weighted by atomic mass is 16.5. The Morgan fingerprint density at radius 1 is 1.20 bits per heavy atom. The van der Waals surface area contributed by atoms with E-state index in [-0.39, 0.29) is 23.8 Å². The smallest absolute Gasteiger partial charge is 0.273 e. The van der Waals surface area contributed by atoms with Gasteiger partial charge < -0.3 is 29.7 Å². The number of amides is 3. The molecule has 1 aliphatic carbocycles. The lowest BCUT2D eigenvalue weighted by molar-refractivity contribution is -0.133. The maximum atomic E-state index is 14.1. The average Bonchev–Trinajstić information content (AvgIpc) is 3.11.